The van der Waals surface area contributed by atoms with Gasteiger partial charge >= 0.3 is 0 Å². The Morgan fingerprint density at radius 2 is 1.92 bits per heavy atom. The number of halogens is 1. The SMILES string of the molecule is CC(=O)C1C(=O)c2c(cccc2[N+](=O)[O-])C1=Nc1ccccc1Cl. The number of nitro groups is 1. The quantitative estimate of drug-likeness (QED) is 0.482. The third-order valence-electron chi connectivity index (χ3n) is 3.80. The maximum atomic E-state index is 12.6. The topological polar surface area (TPSA) is 89.6 Å². The summed E-state index contributed by atoms with van der Waals surface area (Å²) in [5, 5.41) is 11.6. The molecule has 24 heavy (non-hydrogen) atoms. The lowest BCUT2D eigenvalue weighted by atomic mass is 9.99. The molecule has 0 saturated heterocycles. The van der Waals surface area contributed by atoms with Gasteiger partial charge in [0.25, 0.3) is 5.69 Å². The third-order valence-corrected chi connectivity index (χ3v) is 4.12. The van der Waals surface area contributed by atoms with Gasteiger partial charge in [0, 0.05) is 11.6 Å². The van der Waals surface area contributed by atoms with Gasteiger partial charge in [-0.05, 0) is 19.1 Å². The minimum atomic E-state index is -1.16. The van der Waals surface area contributed by atoms with Gasteiger partial charge in [-0.1, -0.05) is 35.9 Å². The zero-order chi connectivity index (χ0) is 17.4. The second-order valence-electron chi connectivity index (χ2n) is 5.31. The summed E-state index contributed by atoms with van der Waals surface area (Å²) in [4.78, 5) is 39.5. The lowest BCUT2D eigenvalue weighted by Crippen LogP contribution is -2.23. The Bertz CT molecular complexity index is 921. The largest absolute Gasteiger partial charge is 0.299 e. The van der Waals surface area contributed by atoms with Gasteiger partial charge in [-0.25, -0.2) is 4.99 Å². The van der Waals surface area contributed by atoms with E-state index in [-0.39, 0.29) is 17.0 Å². The molecular formula is C17H11ClN2O4. The molecular weight excluding hydrogens is 332 g/mol. The van der Waals surface area contributed by atoms with Crippen molar-refractivity contribution in [1.82, 2.24) is 0 Å². The lowest BCUT2D eigenvalue weighted by Gasteiger charge is -2.07. The Labute approximate surface area is 141 Å². The molecule has 1 unspecified atom stereocenters. The first kappa shape index (κ1) is 16.0. The highest BCUT2D eigenvalue weighted by atomic mass is 35.5. The second-order valence-corrected chi connectivity index (χ2v) is 5.72. The molecule has 1 aliphatic rings. The van der Waals surface area contributed by atoms with E-state index >= 15 is 0 Å². The van der Waals surface area contributed by atoms with Gasteiger partial charge in [-0.3, -0.25) is 19.7 Å². The van der Waals surface area contributed by atoms with E-state index in [0.717, 1.165) is 0 Å². The molecule has 0 amide bonds. The number of carbonyl (C=O) groups is 2. The van der Waals surface area contributed by atoms with Crippen LogP contribution < -0.4 is 0 Å². The van der Waals surface area contributed by atoms with Crippen molar-refractivity contribution >= 4 is 40.3 Å². The fourth-order valence-electron chi connectivity index (χ4n) is 2.76. The van der Waals surface area contributed by atoms with Crippen LogP contribution in [0.4, 0.5) is 11.4 Å². The summed E-state index contributed by atoms with van der Waals surface area (Å²) in [7, 11) is 0. The van der Waals surface area contributed by atoms with Crippen molar-refractivity contribution in [3.63, 3.8) is 0 Å². The lowest BCUT2D eigenvalue weighted by molar-refractivity contribution is -0.385. The molecule has 0 radical (unpaired) electrons. The highest BCUT2D eigenvalue weighted by molar-refractivity contribution is 6.39. The predicted octanol–water partition coefficient (Wildman–Crippen LogP) is 3.77. The predicted molar refractivity (Wildman–Crippen MR) is 89.2 cm³/mol. The summed E-state index contributed by atoms with van der Waals surface area (Å²) in [6, 6.07) is 11.0. The Morgan fingerprint density at radius 3 is 2.54 bits per heavy atom. The Kier molecular flexibility index (Phi) is 3.99. The first-order chi connectivity index (χ1) is 11.4. The van der Waals surface area contributed by atoms with Crippen molar-refractivity contribution in [3.05, 3.63) is 68.7 Å². The maximum absolute atomic E-state index is 12.6. The molecule has 2 aromatic carbocycles. The first-order valence-electron chi connectivity index (χ1n) is 7.07. The summed E-state index contributed by atoms with van der Waals surface area (Å²) in [5.41, 5.74) is 0.489. The molecule has 0 bridgehead atoms. The summed E-state index contributed by atoms with van der Waals surface area (Å²) in [5.74, 6) is -2.18. The number of Topliss-reactive ketones (excluding diaryl/α,β-unsaturated/α-hetero) is 2. The number of nitrogens with zero attached hydrogens (tertiary/aromatic N) is 2. The molecule has 3 rings (SSSR count). The molecule has 0 fully saturated rings. The van der Waals surface area contributed by atoms with Crippen molar-refractivity contribution in [2.75, 3.05) is 0 Å². The minimum absolute atomic E-state index is 0.0755. The van der Waals surface area contributed by atoms with E-state index in [2.05, 4.69) is 4.99 Å². The molecule has 2 aromatic rings. The average molecular weight is 343 g/mol. The van der Waals surface area contributed by atoms with Gasteiger partial charge in [-0.15, -0.1) is 0 Å². The van der Waals surface area contributed by atoms with Crippen molar-refractivity contribution in [3.8, 4) is 0 Å². The summed E-state index contributed by atoms with van der Waals surface area (Å²) in [6.45, 7) is 1.27. The van der Waals surface area contributed by atoms with Crippen molar-refractivity contribution in [2.45, 2.75) is 6.92 Å². The molecule has 7 heteroatoms. The molecule has 0 aliphatic heterocycles. The standard InChI is InChI=1S/C17H11ClN2O4/c1-9(21)14-16(19-12-7-3-2-6-11(12)18)10-5-4-8-13(20(23)24)15(10)17(14)22/h2-8,14H,1H3. The highest BCUT2D eigenvalue weighted by Gasteiger charge is 2.43. The van der Waals surface area contributed by atoms with Crippen LogP contribution in [0, 0.1) is 16.0 Å². The van der Waals surface area contributed by atoms with E-state index < -0.39 is 22.4 Å². The number of carbonyl (C=O) groups excluding carboxylic acids is 2. The number of benzene rings is 2. The number of fused-ring (bicyclic) bond motifs is 1. The summed E-state index contributed by atoms with van der Waals surface area (Å²) < 4.78 is 0. The molecule has 120 valence electrons. The van der Waals surface area contributed by atoms with E-state index in [1.807, 2.05) is 0 Å². The highest BCUT2D eigenvalue weighted by Crippen LogP contribution is 2.36. The second kappa shape index (κ2) is 5.98. The number of hydrogen-bond acceptors (Lipinski definition) is 5. The van der Waals surface area contributed by atoms with E-state index in [9.17, 15) is 19.7 Å². The van der Waals surface area contributed by atoms with Gasteiger partial charge in [-0.2, -0.15) is 0 Å². The Hall–Kier alpha value is -2.86. The number of aliphatic imine (C=N–C) groups is 1. The van der Waals surface area contributed by atoms with Gasteiger partial charge in [0.15, 0.2) is 5.78 Å². The summed E-state index contributed by atoms with van der Waals surface area (Å²) >= 11 is 6.09. The van der Waals surface area contributed by atoms with Crippen LogP contribution in [0.2, 0.25) is 5.02 Å². The van der Waals surface area contributed by atoms with Crippen LogP contribution in [-0.2, 0) is 4.79 Å². The van der Waals surface area contributed by atoms with E-state index in [1.165, 1.54) is 19.1 Å². The third kappa shape index (κ3) is 2.51. The van der Waals surface area contributed by atoms with Gasteiger partial charge in [0.2, 0.25) is 0 Å². The normalized spacial score (nSPS) is 17.8. The average Bonchev–Trinajstić information content (AvgIpc) is 2.82. The van der Waals surface area contributed by atoms with E-state index in [0.29, 0.717) is 16.3 Å². The van der Waals surface area contributed by atoms with Crippen molar-refractivity contribution < 1.29 is 14.5 Å². The van der Waals surface area contributed by atoms with Gasteiger partial charge < -0.3 is 0 Å². The zero-order valence-electron chi connectivity index (χ0n) is 12.5. The Balaban J connectivity index is 2.28. The zero-order valence-corrected chi connectivity index (χ0v) is 13.3. The first-order valence-corrected chi connectivity index (χ1v) is 7.45. The summed E-state index contributed by atoms with van der Waals surface area (Å²) in [6.07, 6.45) is 0. The monoisotopic (exact) mass is 342 g/mol. The van der Waals surface area contributed by atoms with Crippen LogP contribution in [0.15, 0.2) is 47.5 Å². The Morgan fingerprint density at radius 1 is 1.21 bits per heavy atom. The molecule has 1 atom stereocenters. The van der Waals surface area contributed by atoms with Crippen LogP contribution >= 0.6 is 11.6 Å². The molecule has 6 nitrogen and oxygen atoms in total. The smallest absolute Gasteiger partial charge is 0.280 e. The minimum Gasteiger partial charge on any atom is -0.299 e. The number of hydrogen-bond donors (Lipinski definition) is 0. The number of nitro benzene ring substituents is 1. The van der Waals surface area contributed by atoms with Crippen molar-refractivity contribution in [2.24, 2.45) is 10.9 Å². The molecule has 1 aliphatic carbocycles. The maximum Gasteiger partial charge on any atom is 0.280 e. The fourth-order valence-corrected chi connectivity index (χ4v) is 2.94. The van der Waals surface area contributed by atoms with Crippen LogP contribution in [0.5, 0.6) is 0 Å². The molecule has 0 saturated carbocycles. The molecule has 0 aromatic heterocycles. The van der Waals surface area contributed by atoms with Gasteiger partial charge in [0.1, 0.15) is 17.3 Å². The van der Waals surface area contributed by atoms with Crippen LogP contribution in [0.3, 0.4) is 0 Å². The van der Waals surface area contributed by atoms with Crippen LogP contribution in [0.1, 0.15) is 22.8 Å². The number of ketones is 2. The van der Waals surface area contributed by atoms with E-state index in [1.54, 1.807) is 30.3 Å². The molecule has 0 N–H and O–H groups in total. The number of rotatable bonds is 3. The van der Waals surface area contributed by atoms with Crippen LogP contribution in [-0.4, -0.2) is 22.2 Å². The van der Waals surface area contributed by atoms with Crippen molar-refractivity contribution in [1.29, 1.82) is 0 Å². The number of para-hydroxylation sites is 1. The fraction of sp³-hybridized carbons (Fsp3) is 0.118. The molecule has 0 heterocycles. The molecule has 0 spiro atoms. The van der Waals surface area contributed by atoms with Crippen LogP contribution in [0.25, 0.3) is 0 Å². The van der Waals surface area contributed by atoms with E-state index in [4.69, 9.17) is 11.6 Å². The van der Waals surface area contributed by atoms with Gasteiger partial charge in [0.05, 0.1) is 21.3 Å².